The van der Waals surface area contributed by atoms with Gasteiger partial charge in [0, 0.05) is 18.2 Å². The number of esters is 1. The van der Waals surface area contributed by atoms with E-state index in [1.54, 1.807) is 55.1 Å². The van der Waals surface area contributed by atoms with E-state index >= 15 is 0 Å². The number of benzene rings is 2. The van der Waals surface area contributed by atoms with Crippen molar-refractivity contribution in [3.8, 4) is 17.2 Å². The number of nitrogens with zero attached hydrogens (tertiary/aromatic N) is 2. The van der Waals surface area contributed by atoms with Gasteiger partial charge in [-0.1, -0.05) is 23.7 Å². The Hall–Kier alpha value is -2.99. The number of ether oxygens (including phenoxy) is 2. The number of phenols is 1. The van der Waals surface area contributed by atoms with Gasteiger partial charge >= 0.3 is 5.97 Å². The highest BCUT2D eigenvalue weighted by Gasteiger charge is 2.18. The number of hydrogen-bond donors (Lipinski definition) is 1. The minimum Gasteiger partial charge on any atom is -0.508 e. The van der Waals surface area contributed by atoms with Crippen molar-refractivity contribution in [2.45, 2.75) is 13.3 Å². The summed E-state index contributed by atoms with van der Waals surface area (Å²) >= 11 is 6.37. The molecule has 0 fully saturated rings. The van der Waals surface area contributed by atoms with Crippen LogP contribution in [0.5, 0.6) is 11.5 Å². The van der Waals surface area contributed by atoms with Crippen LogP contribution in [-0.4, -0.2) is 34.6 Å². The Bertz CT molecular complexity index is 951. The lowest BCUT2D eigenvalue weighted by Gasteiger charge is -2.11. The van der Waals surface area contributed by atoms with Gasteiger partial charge in [0.15, 0.2) is 5.69 Å². The van der Waals surface area contributed by atoms with Gasteiger partial charge in [-0.25, -0.2) is 9.48 Å². The fraction of sp³-hybridized carbons (Fsp3) is 0.200. The monoisotopic (exact) mass is 386 g/mol. The summed E-state index contributed by atoms with van der Waals surface area (Å²) < 4.78 is 12.0. The molecule has 7 heteroatoms. The molecule has 0 aliphatic heterocycles. The van der Waals surface area contributed by atoms with Crippen LogP contribution >= 0.6 is 11.6 Å². The zero-order valence-electron chi connectivity index (χ0n) is 15.0. The van der Waals surface area contributed by atoms with E-state index < -0.39 is 5.97 Å². The summed E-state index contributed by atoms with van der Waals surface area (Å²) in [6, 6.07) is 13.7. The Labute approximate surface area is 161 Å². The summed E-state index contributed by atoms with van der Waals surface area (Å²) in [4.78, 5) is 12.2. The predicted octanol–water partition coefficient (Wildman–Crippen LogP) is 4.01. The maximum absolute atomic E-state index is 12.2. The quantitative estimate of drug-likeness (QED) is 0.648. The summed E-state index contributed by atoms with van der Waals surface area (Å²) in [6.07, 6.45) is 0.486. The summed E-state index contributed by atoms with van der Waals surface area (Å²) in [5.41, 5.74) is 2.49. The standard InChI is InChI=1S/C20H19ClN2O4/c1-3-27-20(25)18-11-14(10-13-4-6-15(24)7-5-13)23(22-18)19-12-16(26-2)8-9-17(19)21/h4-9,11-12,24H,3,10H2,1-2H3. The van der Waals surface area contributed by atoms with Crippen molar-refractivity contribution in [3.05, 3.63) is 70.5 Å². The van der Waals surface area contributed by atoms with Gasteiger partial charge in [0.05, 0.1) is 24.4 Å². The van der Waals surface area contributed by atoms with Gasteiger partial charge in [-0.05, 0) is 42.8 Å². The molecule has 0 spiro atoms. The molecule has 0 bridgehead atoms. The predicted molar refractivity (Wildman–Crippen MR) is 102 cm³/mol. The topological polar surface area (TPSA) is 73.6 Å². The van der Waals surface area contributed by atoms with Crippen LogP contribution < -0.4 is 4.74 Å². The molecule has 0 unspecified atom stereocenters. The van der Waals surface area contributed by atoms with E-state index in [0.29, 0.717) is 22.9 Å². The first-order valence-electron chi connectivity index (χ1n) is 8.39. The summed E-state index contributed by atoms with van der Waals surface area (Å²) in [7, 11) is 1.57. The van der Waals surface area contributed by atoms with Gasteiger partial charge < -0.3 is 14.6 Å². The first-order chi connectivity index (χ1) is 13.0. The van der Waals surface area contributed by atoms with E-state index in [1.165, 1.54) is 0 Å². The fourth-order valence-corrected chi connectivity index (χ4v) is 2.86. The normalized spacial score (nSPS) is 10.6. The summed E-state index contributed by atoms with van der Waals surface area (Å²) in [6.45, 7) is 2.00. The molecule has 6 nitrogen and oxygen atoms in total. The lowest BCUT2D eigenvalue weighted by Crippen LogP contribution is -2.07. The number of carbonyl (C=O) groups is 1. The van der Waals surface area contributed by atoms with Crippen LogP contribution in [0.25, 0.3) is 5.69 Å². The molecular formula is C20H19ClN2O4. The van der Waals surface area contributed by atoms with Gasteiger partial charge in [0.2, 0.25) is 0 Å². The van der Waals surface area contributed by atoms with E-state index in [0.717, 1.165) is 11.3 Å². The Morgan fingerprint density at radius 3 is 2.59 bits per heavy atom. The molecular weight excluding hydrogens is 368 g/mol. The molecule has 2 aromatic carbocycles. The molecule has 0 aliphatic rings. The van der Waals surface area contributed by atoms with Gasteiger partial charge in [-0.2, -0.15) is 5.10 Å². The van der Waals surface area contributed by atoms with Crippen molar-refractivity contribution in [1.82, 2.24) is 9.78 Å². The number of carbonyl (C=O) groups excluding carboxylic acids is 1. The second-order valence-corrected chi connectivity index (χ2v) is 6.22. The maximum Gasteiger partial charge on any atom is 0.358 e. The fourth-order valence-electron chi connectivity index (χ4n) is 2.66. The largest absolute Gasteiger partial charge is 0.508 e. The van der Waals surface area contributed by atoms with Crippen LogP contribution in [0.3, 0.4) is 0 Å². The smallest absolute Gasteiger partial charge is 0.358 e. The van der Waals surface area contributed by atoms with Crippen LogP contribution in [-0.2, 0) is 11.2 Å². The highest BCUT2D eigenvalue weighted by molar-refractivity contribution is 6.32. The molecule has 0 saturated carbocycles. The van der Waals surface area contributed by atoms with Crippen LogP contribution in [0.1, 0.15) is 28.7 Å². The minimum atomic E-state index is -0.498. The van der Waals surface area contributed by atoms with Crippen molar-refractivity contribution in [2.24, 2.45) is 0 Å². The van der Waals surface area contributed by atoms with Crippen LogP contribution in [0, 0.1) is 0 Å². The third kappa shape index (κ3) is 4.23. The van der Waals surface area contributed by atoms with E-state index in [4.69, 9.17) is 21.1 Å². The first-order valence-corrected chi connectivity index (χ1v) is 8.77. The number of halogens is 1. The third-order valence-electron chi connectivity index (χ3n) is 3.97. The molecule has 0 radical (unpaired) electrons. The molecule has 140 valence electrons. The highest BCUT2D eigenvalue weighted by Crippen LogP contribution is 2.28. The third-order valence-corrected chi connectivity index (χ3v) is 4.29. The van der Waals surface area contributed by atoms with Gasteiger partial charge in [-0.3, -0.25) is 0 Å². The molecule has 3 aromatic rings. The lowest BCUT2D eigenvalue weighted by atomic mass is 10.1. The molecule has 0 amide bonds. The molecule has 3 rings (SSSR count). The number of rotatable bonds is 6. The second-order valence-electron chi connectivity index (χ2n) is 5.81. The zero-order valence-corrected chi connectivity index (χ0v) is 15.7. The van der Waals surface area contributed by atoms with Crippen molar-refractivity contribution in [1.29, 1.82) is 0 Å². The van der Waals surface area contributed by atoms with Crippen molar-refractivity contribution < 1.29 is 19.4 Å². The Morgan fingerprint density at radius 2 is 1.93 bits per heavy atom. The Kier molecular flexibility index (Phi) is 5.66. The Balaban J connectivity index is 2.07. The second kappa shape index (κ2) is 8.14. The van der Waals surface area contributed by atoms with Gasteiger partial charge in [-0.15, -0.1) is 0 Å². The molecule has 1 heterocycles. The maximum atomic E-state index is 12.2. The first kappa shape index (κ1) is 18.8. The summed E-state index contributed by atoms with van der Waals surface area (Å²) in [5.74, 6) is 0.315. The van der Waals surface area contributed by atoms with E-state index in [2.05, 4.69) is 5.10 Å². The molecule has 1 N–H and O–H groups in total. The van der Waals surface area contributed by atoms with Crippen LogP contribution in [0.15, 0.2) is 48.5 Å². The highest BCUT2D eigenvalue weighted by atomic mass is 35.5. The van der Waals surface area contributed by atoms with Crippen LogP contribution in [0.2, 0.25) is 5.02 Å². The number of phenolic OH excluding ortho intramolecular Hbond substituents is 1. The van der Waals surface area contributed by atoms with E-state index in [1.807, 2.05) is 12.1 Å². The van der Waals surface area contributed by atoms with Crippen molar-refractivity contribution in [3.63, 3.8) is 0 Å². The Morgan fingerprint density at radius 1 is 1.19 bits per heavy atom. The average Bonchev–Trinajstić information content (AvgIpc) is 3.08. The lowest BCUT2D eigenvalue weighted by molar-refractivity contribution is 0.0519. The average molecular weight is 387 g/mol. The molecule has 27 heavy (non-hydrogen) atoms. The van der Waals surface area contributed by atoms with Crippen LogP contribution in [0.4, 0.5) is 0 Å². The van der Waals surface area contributed by atoms with Gasteiger partial charge in [0.1, 0.15) is 11.5 Å². The van der Waals surface area contributed by atoms with E-state index in [9.17, 15) is 9.90 Å². The number of methoxy groups -OCH3 is 1. The SMILES string of the molecule is CCOC(=O)c1cc(Cc2ccc(O)cc2)n(-c2cc(OC)ccc2Cl)n1. The molecule has 0 atom stereocenters. The van der Waals surface area contributed by atoms with E-state index in [-0.39, 0.29) is 18.1 Å². The summed E-state index contributed by atoms with van der Waals surface area (Å²) in [5, 5.41) is 14.4. The number of aromatic hydroxyl groups is 1. The van der Waals surface area contributed by atoms with Gasteiger partial charge in [0.25, 0.3) is 0 Å². The number of hydrogen-bond acceptors (Lipinski definition) is 5. The minimum absolute atomic E-state index is 0.190. The van der Waals surface area contributed by atoms with Crippen molar-refractivity contribution >= 4 is 17.6 Å². The molecule has 1 aromatic heterocycles. The molecule has 0 aliphatic carbocycles. The number of aromatic nitrogens is 2. The van der Waals surface area contributed by atoms with Crippen molar-refractivity contribution in [2.75, 3.05) is 13.7 Å². The molecule has 0 saturated heterocycles. The zero-order chi connectivity index (χ0) is 19.4.